The van der Waals surface area contributed by atoms with Crippen LogP contribution < -0.4 is 5.32 Å². The minimum Gasteiger partial charge on any atom is -0.386 e. The number of thiophene rings is 1. The van der Waals surface area contributed by atoms with E-state index in [0.29, 0.717) is 37.3 Å². The average Bonchev–Trinajstić information content (AvgIpc) is 3.42. The largest absolute Gasteiger partial charge is 0.386 e. The number of nitrogens with zero attached hydrogens (tertiary/aromatic N) is 4. The van der Waals surface area contributed by atoms with Gasteiger partial charge >= 0.3 is 0 Å². The zero-order valence-electron chi connectivity index (χ0n) is 15.8. The number of likely N-dealkylation sites (tertiary alicyclic amines) is 1. The molecule has 1 N–H and O–H groups in total. The first-order valence-electron chi connectivity index (χ1n) is 9.10. The first-order chi connectivity index (χ1) is 13.5. The molecule has 2 aromatic rings. The van der Waals surface area contributed by atoms with Gasteiger partial charge in [-0.25, -0.2) is 0 Å². The average molecular weight is 399 g/mol. The molecule has 0 aromatic carbocycles. The first-order valence-corrected chi connectivity index (χ1v) is 9.98. The molecule has 1 spiro atoms. The number of hydrogen-bond acceptors (Lipinski definition) is 7. The number of aryl methyl sites for hydroxylation is 2. The summed E-state index contributed by atoms with van der Waals surface area (Å²) < 4.78 is 0. The van der Waals surface area contributed by atoms with Crippen molar-refractivity contribution in [2.24, 2.45) is 5.16 Å². The summed E-state index contributed by atoms with van der Waals surface area (Å²) in [6.07, 6.45) is 4.35. The smallest absolute Gasteiger partial charge is 0.269 e. The third-order valence-corrected chi connectivity index (χ3v) is 6.03. The Hall–Kier alpha value is -2.81. The summed E-state index contributed by atoms with van der Waals surface area (Å²) in [6, 6.07) is 1.94. The van der Waals surface area contributed by atoms with Crippen molar-refractivity contribution in [2.75, 3.05) is 13.1 Å². The Morgan fingerprint density at radius 2 is 2.18 bits per heavy atom. The van der Waals surface area contributed by atoms with Crippen molar-refractivity contribution in [1.29, 1.82) is 0 Å². The quantitative estimate of drug-likeness (QED) is 0.846. The zero-order chi connectivity index (χ0) is 19.7. The summed E-state index contributed by atoms with van der Waals surface area (Å²) in [4.78, 5) is 41.7. The van der Waals surface area contributed by atoms with Crippen LogP contribution in [0.3, 0.4) is 0 Å². The van der Waals surface area contributed by atoms with E-state index >= 15 is 0 Å². The molecule has 4 heterocycles. The monoisotopic (exact) mass is 399 g/mol. The number of aromatic nitrogens is 2. The summed E-state index contributed by atoms with van der Waals surface area (Å²) in [7, 11) is 0. The SMILES string of the molecule is Cc1cnc(CNC(=O)C2=NO[C@@]3(CCN(C(=O)c4sccc4C)C3)C2)cn1. The molecular weight excluding hydrogens is 378 g/mol. The van der Waals surface area contributed by atoms with E-state index in [1.54, 1.807) is 17.3 Å². The van der Waals surface area contributed by atoms with Gasteiger partial charge in [0.25, 0.3) is 11.8 Å². The number of nitrogens with one attached hydrogen (secondary N) is 1. The van der Waals surface area contributed by atoms with Gasteiger partial charge in [-0.2, -0.15) is 0 Å². The molecule has 0 saturated carbocycles. The predicted molar refractivity (Wildman–Crippen MR) is 104 cm³/mol. The molecule has 0 unspecified atom stereocenters. The highest BCUT2D eigenvalue weighted by Gasteiger charge is 2.48. The van der Waals surface area contributed by atoms with E-state index in [1.807, 2.05) is 25.3 Å². The molecule has 146 valence electrons. The van der Waals surface area contributed by atoms with E-state index in [-0.39, 0.29) is 18.4 Å². The number of amides is 2. The first kappa shape index (κ1) is 18.5. The van der Waals surface area contributed by atoms with Crippen LogP contribution in [0.1, 0.15) is 39.5 Å². The van der Waals surface area contributed by atoms with Gasteiger partial charge < -0.3 is 15.1 Å². The topological polar surface area (TPSA) is 96.8 Å². The number of carbonyl (C=O) groups is 2. The maximum atomic E-state index is 12.7. The maximum absolute atomic E-state index is 12.7. The predicted octanol–water partition coefficient (Wildman–Crippen LogP) is 1.83. The lowest BCUT2D eigenvalue weighted by molar-refractivity contribution is -0.115. The molecule has 2 amide bonds. The lowest BCUT2D eigenvalue weighted by atomic mass is 9.96. The van der Waals surface area contributed by atoms with Gasteiger partial charge in [0.1, 0.15) is 5.71 Å². The third kappa shape index (κ3) is 3.62. The van der Waals surface area contributed by atoms with Crippen LogP contribution in [0, 0.1) is 13.8 Å². The molecular formula is C19H21N5O3S. The standard InChI is InChI=1S/C19H21N5O3S/c1-12-3-6-28-16(12)18(26)24-5-4-19(11-24)7-15(23-27-19)17(25)22-10-14-9-20-13(2)8-21-14/h3,6,8-9H,4-5,7,10-11H2,1-2H3,(H,22,25)/t19-/m0/s1. The lowest BCUT2D eigenvalue weighted by Crippen LogP contribution is -2.38. The molecule has 2 aliphatic heterocycles. The Morgan fingerprint density at radius 3 is 2.89 bits per heavy atom. The second-order valence-electron chi connectivity index (χ2n) is 7.23. The molecule has 2 aromatic heterocycles. The fourth-order valence-corrected chi connectivity index (χ4v) is 4.29. The molecule has 28 heavy (non-hydrogen) atoms. The van der Waals surface area contributed by atoms with Gasteiger partial charge in [0.05, 0.1) is 35.6 Å². The molecule has 4 rings (SSSR count). The van der Waals surface area contributed by atoms with Crippen molar-refractivity contribution in [3.63, 3.8) is 0 Å². The van der Waals surface area contributed by atoms with Crippen molar-refractivity contribution in [2.45, 2.75) is 38.8 Å². The van der Waals surface area contributed by atoms with E-state index in [0.717, 1.165) is 16.1 Å². The number of hydrogen-bond donors (Lipinski definition) is 1. The molecule has 0 radical (unpaired) electrons. The fourth-order valence-electron chi connectivity index (χ4n) is 3.40. The van der Waals surface area contributed by atoms with Crippen LogP contribution in [0.4, 0.5) is 0 Å². The Balaban J connectivity index is 1.33. The van der Waals surface area contributed by atoms with Gasteiger partial charge in [-0.15, -0.1) is 11.3 Å². The molecule has 0 bridgehead atoms. The molecule has 1 fully saturated rings. The summed E-state index contributed by atoms with van der Waals surface area (Å²) >= 11 is 1.45. The fraction of sp³-hybridized carbons (Fsp3) is 0.421. The minimum absolute atomic E-state index is 0.0174. The Bertz CT molecular complexity index is 939. The van der Waals surface area contributed by atoms with E-state index in [2.05, 4.69) is 20.4 Å². The highest BCUT2D eigenvalue weighted by atomic mass is 32.1. The number of carbonyl (C=O) groups excluding carboxylic acids is 2. The second-order valence-corrected chi connectivity index (χ2v) is 8.15. The highest BCUT2D eigenvalue weighted by molar-refractivity contribution is 7.12. The van der Waals surface area contributed by atoms with Crippen LogP contribution in [-0.4, -0.2) is 51.1 Å². The Morgan fingerprint density at radius 1 is 1.32 bits per heavy atom. The minimum atomic E-state index is -0.600. The molecule has 9 heteroatoms. The van der Waals surface area contributed by atoms with Crippen LogP contribution in [0.2, 0.25) is 0 Å². The van der Waals surface area contributed by atoms with Crippen molar-refractivity contribution < 1.29 is 14.4 Å². The van der Waals surface area contributed by atoms with E-state index < -0.39 is 5.60 Å². The van der Waals surface area contributed by atoms with Crippen LogP contribution >= 0.6 is 11.3 Å². The summed E-state index contributed by atoms with van der Waals surface area (Å²) in [5.41, 5.74) is 2.23. The summed E-state index contributed by atoms with van der Waals surface area (Å²) in [6.45, 7) is 5.10. The zero-order valence-corrected chi connectivity index (χ0v) is 16.6. The Labute approximate surface area is 166 Å². The highest BCUT2D eigenvalue weighted by Crippen LogP contribution is 2.35. The summed E-state index contributed by atoms with van der Waals surface area (Å²) in [5, 5.41) is 8.73. The van der Waals surface area contributed by atoms with Gasteiger partial charge in [-0.1, -0.05) is 5.16 Å². The van der Waals surface area contributed by atoms with Gasteiger partial charge in [-0.3, -0.25) is 19.6 Å². The van der Waals surface area contributed by atoms with Gasteiger partial charge in [0.15, 0.2) is 5.60 Å². The maximum Gasteiger partial charge on any atom is 0.269 e. The number of rotatable bonds is 4. The second kappa shape index (κ2) is 7.31. The molecule has 2 aliphatic rings. The summed E-state index contributed by atoms with van der Waals surface area (Å²) in [5.74, 6) is -0.262. The molecule has 0 aliphatic carbocycles. The van der Waals surface area contributed by atoms with Gasteiger partial charge in [-0.05, 0) is 30.9 Å². The molecule has 1 atom stereocenters. The lowest BCUT2D eigenvalue weighted by Gasteiger charge is -2.21. The van der Waals surface area contributed by atoms with Crippen LogP contribution in [0.15, 0.2) is 29.0 Å². The van der Waals surface area contributed by atoms with Crippen molar-refractivity contribution in [3.05, 3.63) is 45.7 Å². The number of oxime groups is 1. The Kier molecular flexibility index (Phi) is 4.84. The molecule has 8 nitrogen and oxygen atoms in total. The van der Waals surface area contributed by atoms with Crippen LogP contribution in [0.25, 0.3) is 0 Å². The van der Waals surface area contributed by atoms with Gasteiger partial charge in [0, 0.05) is 25.6 Å². The van der Waals surface area contributed by atoms with E-state index in [1.165, 1.54) is 11.3 Å². The van der Waals surface area contributed by atoms with Crippen molar-refractivity contribution >= 4 is 28.9 Å². The van der Waals surface area contributed by atoms with E-state index in [4.69, 9.17) is 4.84 Å². The van der Waals surface area contributed by atoms with E-state index in [9.17, 15) is 9.59 Å². The van der Waals surface area contributed by atoms with Crippen molar-refractivity contribution in [3.8, 4) is 0 Å². The van der Waals surface area contributed by atoms with Crippen LogP contribution in [0.5, 0.6) is 0 Å². The van der Waals surface area contributed by atoms with Crippen molar-refractivity contribution in [1.82, 2.24) is 20.2 Å². The normalized spacial score (nSPS) is 20.9. The van der Waals surface area contributed by atoms with Crippen LogP contribution in [-0.2, 0) is 16.2 Å². The van der Waals surface area contributed by atoms with Gasteiger partial charge in [0.2, 0.25) is 0 Å². The third-order valence-electron chi connectivity index (χ3n) is 5.03. The molecule has 1 saturated heterocycles.